The fourth-order valence-corrected chi connectivity index (χ4v) is 3.11. The normalized spacial score (nSPS) is 9.56. The Hall–Kier alpha value is 0.0384. The van der Waals surface area contributed by atoms with Crippen molar-refractivity contribution in [2.75, 3.05) is 0 Å². The van der Waals surface area contributed by atoms with Gasteiger partial charge < -0.3 is 0 Å². The molecule has 0 rings (SSSR count). The first-order chi connectivity index (χ1) is 4.35. The zero-order chi connectivity index (χ0) is 7.11. The summed E-state index contributed by atoms with van der Waals surface area (Å²) in [5.41, 5.74) is 0. The van der Waals surface area contributed by atoms with E-state index in [2.05, 4.69) is 29.8 Å². The van der Waals surface area contributed by atoms with Crippen LogP contribution in [0, 0.1) is 0 Å². The van der Waals surface area contributed by atoms with Crippen LogP contribution in [0.15, 0.2) is 22.9 Å². The van der Waals surface area contributed by atoms with Crippen molar-refractivity contribution in [3.63, 3.8) is 0 Å². The minimum atomic E-state index is -0.743. The molecule has 0 aliphatic carbocycles. The Labute approximate surface area is 62.9 Å². The van der Waals surface area contributed by atoms with Crippen molar-refractivity contribution >= 4 is 14.7 Å². The monoisotopic (exact) mass is 186 g/mol. The molecule has 0 aromatic heterocycles. The van der Waals surface area contributed by atoms with Crippen LogP contribution in [-0.2, 0) is 0 Å². The van der Waals surface area contributed by atoms with E-state index in [1.807, 2.05) is 0 Å². The van der Waals surface area contributed by atoms with Gasteiger partial charge in [-0.25, -0.2) is 0 Å². The second-order valence-corrected chi connectivity index (χ2v) is 6.58. The summed E-state index contributed by atoms with van der Waals surface area (Å²) in [5.74, 6) is 0. The fourth-order valence-electron chi connectivity index (χ4n) is 0.598. The van der Waals surface area contributed by atoms with Gasteiger partial charge in [-0.2, -0.15) is 0 Å². The van der Waals surface area contributed by atoms with Crippen LogP contribution in [0.4, 0.5) is 0 Å². The first-order valence-electron chi connectivity index (χ1n) is 3.36. The Bertz CT molecular complexity index is 78.6. The van der Waals surface area contributed by atoms with Crippen molar-refractivity contribution < 1.29 is 0 Å². The van der Waals surface area contributed by atoms with Crippen LogP contribution >= 0.6 is 0 Å². The van der Waals surface area contributed by atoms with Crippen LogP contribution in [0.2, 0.25) is 5.21 Å². The summed E-state index contributed by atoms with van der Waals surface area (Å²) in [6, 6.07) is 0. The SMILES string of the molecule is C=C[As](C=C)CCCC. The quantitative estimate of drug-likeness (QED) is 0.579. The molecule has 0 N–H and O–H groups in total. The molecule has 52 valence electrons. The van der Waals surface area contributed by atoms with E-state index < -0.39 is 14.7 Å². The molecule has 1 heteroatoms. The van der Waals surface area contributed by atoms with Crippen molar-refractivity contribution in [1.29, 1.82) is 0 Å². The summed E-state index contributed by atoms with van der Waals surface area (Å²) in [6.07, 6.45) is 2.64. The number of unbranched alkanes of at least 4 members (excludes halogenated alkanes) is 1. The Morgan fingerprint density at radius 2 is 1.89 bits per heavy atom. The molecule has 0 amide bonds. The molecule has 0 aliphatic rings. The average Bonchev–Trinajstić information content (AvgIpc) is 1.91. The molecule has 0 atom stereocenters. The molecule has 0 bridgehead atoms. The van der Waals surface area contributed by atoms with Crippen molar-refractivity contribution in [3.8, 4) is 0 Å². The molecule has 0 aromatic carbocycles. The van der Waals surface area contributed by atoms with Crippen molar-refractivity contribution in [3.05, 3.63) is 22.9 Å². The standard InChI is InChI=1S/C8H15As/c1-4-7-8-9(5-2)6-3/h5-6H,2-4,7-8H2,1H3. The molecule has 9 heavy (non-hydrogen) atoms. The predicted octanol–water partition coefficient (Wildman–Crippen LogP) is 2.73. The molecular weight excluding hydrogens is 171 g/mol. The Kier molecular flexibility index (Phi) is 6.19. The van der Waals surface area contributed by atoms with E-state index in [1.165, 1.54) is 18.1 Å². The molecule has 0 radical (unpaired) electrons. The van der Waals surface area contributed by atoms with Crippen molar-refractivity contribution in [2.45, 2.75) is 25.0 Å². The van der Waals surface area contributed by atoms with Crippen LogP contribution in [0.5, 0.6) is 0 Å². The van der Waals surface area contributed by atoms with E-state index in [1.54, 1.807) is 0 Å². The molecule has 0 saturated carbocycles. The summed E-state index contributed by atoms with van der Waals surface area (Å²) in [7, 11) is 0. The van der Waals surface area contributed by atoms with Gasteiger partial charge in [0.2, 0.25) is 0 Å². The molecule has 0 saturated heterocycles. The second-order valence-electron chi connectivity index (χ2n) is 1.96. The van der Waals surface area contributed by atoms with E-state index >= 15 is 0 Å². The summed E-state index contributed by atoms with van der Waals surface area (Å²) in [4.78, 5) is 4.21. The van der Waals surface area contributed by atoms with Gasteiger partial charge in [0, 0.05) is 0 Å². The van der Waals surface area contributed by atoms with Gasteiger partial charge in [0.05, 0.1) is 0 Å². The van der Waals surface area contributed by atoms with Crippen molar-refractivity contribution in [2.24, 2.45) is 0 Å². The minimum absolute atomic E-state index is 0.743. The zero-order valence-electron chi connectivity index (χ0n) is 6.14. The van der Waals surface area contributed by atoms with Gasteiger partial charge >= 0.3 is 62.5 Å². The summed E-state index contributed by atoms with van der Waals surface area (Å²) in [5, 5.41) is 1.36. The fraction of sp³-hybridized carbons (Fsp3) is 0.500. The average molecular weight is 186 g/mol. The molecule has 0 nitrogen and oxygen atoms in total. The number of rotatable bonds is 5. The molecule has 0 aromatic rings. The van der Waals surface area contributed by atoms with Crippen LogP contribution in [0.25, 0.3) is 0 Å². The van der Waals surface area contributed by atoms with Crippen LogP contribution in [-0.4, -0.2) is 14.7 Å². The van der Waals surface area contributed by atoms with Gasteiger partial charge in [-0.15, -0.1) is 0 Å². The van der Waals surface area contributed by atoms with E-state index in [-0.39, 0.29) is 0 Å². The van der Waals surface area contributed by atoms with Gasteiger partial charge in [-0.05, 0) is 0 Å². The molecule has 0 heterocycles. The van der Waals surface area contributed by atoms with Gasteiger partial charge in [0.1, 0.15) is 0 Å². The van der Waals surface area contributed by atoms with Crippen LogP contribution in [0.3, 0.4) is 0 Å². The summed E-state index contributed by atoms with van der Waals surface area (Å²) in [6.45, 7) is 9.78. The third-order valence-corrected chi connectivity index (χ3v) is 4.95. The Balaban J connectivity index is 3.30. The molecular formula is C8H15As. The van der Waals surface area contributed by atoms with E-state index in [9.17, 15) is 0 Å². The van der Waals surface area contributed by atoms with Gasteiger partial charge in [0.15, 0.2) is 0 Å². The summed E-state index contributed by atoms with van der Waals surface area (Å²) < 4.78 is 0. The summed E-state index contributed by atoms with van der Waals surface area (Å²) >= 11 is -0.743. The second kappa shape index (κ2) is 6.16. The Morgan fingerprint density at radius 1 is 1.33 bits per heavy atom. The third-order valence-electron chi connectivity index (χ3n) is 1.24. The van der Waals surface area contributed by atoms with Gasteiger partial charge in [-0.1, -0.05) is 0 Å². The molecule has 0 aliphatic heterocycles. The van der Waals surface area contributed by atoms with Gasteiger partial charge in [0.25, 0.3) is 0 Å². The molecule has 0 fully saturated rings. The number of hydrogen-bond donors (Lipinski definition) is 0. The van der Waals surface area contributed by atoms with Gasteiger partial charge in [-0.3, -0.25) is 0 Å². The predicted molar refractivity (Wildman–Crippen MR) is 45.9 cm³/mol. The first-order valence-corrected chi connectivity index (χ1v) is 6.85. The van der Waals surface area contributed by atoms with E-state index in [0.717, 1.165) is 0 Å². The van der Waals surface area contributed by atoms with Crippen molar-refractivity contribution in [1.82, 2.24) is 0 Å². The maximum absolute atomic E-state index is 3.78. The number of hydrogen-bond acceptors (Lipinski definition) is 0. The molecule has 0 spiro atoms. The van der Waals surface area contributed by atoms with E-state index in [0.29, 0.717) is 0 Å². The van der Waals surface area contributed by atoms with Crippen LogP contribution < -0.4 is 0 Å². The van der Waals surface area contributed by atoms with E-state index in [4.69, 9.17) is 0 Å². The third kappa shape index (κ3) is 4.54. The maximum atomic E-state index is 3.78. The topological polar surface area (TPSA) is 0 Å². The Morgan fingerprint density at radius 3 is 2.22 bits per heavy atom. The van der Waals surface area contributed by atoms with Crippen LogP contribution in [0.1, 0.15) is 19.8 Å². The first kappa shape index (κ1) is 9.04. The zero-order valence-corrected chi connectivity index (χ0v) is 8.01. The molecule has 0 unspecified atom stereocenters.